The second-order valence-electron chi connectivity index (χ2n) is 6.06. The highest BCUT2D eigenvalue weighted by Crippen LogP contribution is 2.27. The average Bonchev–Trinajstić information content (AvgIpc) is 2.30. The summed E-state index contributed by atoms with van der Waals surface area (Å²) in [4.78, 5) is 0. The van der Waals surface area contributed by atoms with E-state index < -0.39 is 0 Å². The van der Waals surface area contributed by atoms with Crippen LogP contribution in [0.3, 0.4) is 0 Å². The summed E-state index contributed by atoms with van der Waals surface area (Å²) in [5.41, 5.74) is 0.109. The van der Waals surface area contributed by atoms with E-state index in [0.717, 1.165) is 24.9 Å². The van der Waals surface area contributed by atoms with E-state index in [0.29, 0.717) is 0 Å². The first kappa shape index (κ1) is 17.0. The van der Waals surface area contributed by atoms with Crippen molar-refractivity contribution in [1.82, 2.24) is 0 Å². The van der Waals surface area contributed by atoms with Crippen LogP contribution in [-0.2, 0) is 4.74 Å². The Labute approximate surface area is 109 Å². The largest absolute Gasteiger partial charge is 0.375 e. The number of ether oxygens (including phenoxy) is 1. The molecule has 0 amide bonds. The standard InChI is InChI=1S/C16H34O/c1-7-15(8-2)10-12-16(6,9-3)17-13-11-14(4)5/h14-15H,7-13H2,1-6H3. The molecular formula is C16H34O. The molecule has 0 bridgehead atoms. The third kappa shape index (κ3) is 7.81. The van der Waals surface area contributed by atoms with Gasteiger partial charge in [0.1, 0.15) is 0 Å². The lowest BCUT2D eigenvalue weighted by Crippen LogP contribution is -2.29. The molecule has 0 fully saturated rings. The molecular weight excluding hydrogens is 208 g/mol. The molecule has 0 aromatic heterocycles. The predicted molar refractivity (Wildman–Crippen MR) is 77.4 cm³/mol. The fraction of sp³-hybridized carbons (Fsp3) is 1.00. The van der Waals surface area contributed by atoms with Gasteiger partial charge < -0.3 is 4.74 Å². The van der Waals surface area contributed by atoms with Crippen molar-refractivity contribution in [3.05, 3.63) is 0 Å². The fourth-order valence-corrected chi connectivity index (χ4v) is 2.10. The van der Waals surface area contributed by atoms with Crippen LogP contribution in [0.1, 0.15) is 80.1 Å². The lowest BCUT2D eigenvalue weighted by atomic mass is 9.89. The highest BCUT2D eigenvalue weighted by molar-refractivity contribution is 4.75. The Morgan fingerprint density at radius 1 is 1.00 bits per heavy atom. The second-order valence-corrected chi connectivity index (χ2v) is 6.06. The van der Waals surface area contributed by atoms with Crippen LogP contribution in [0, 0.1) is 11.8 Å². The predicted octanol–water partition coefficient (Wildman–Crippen LogP) is 5.43. The molecule has 0 spiro atoms. The Hall–Kier alpha value is -0.0400. The van der Waals surface area contributed by atoms with Crippen LogP contribution in [0.25, 0.3) is 0 Å². The minimum Gasteiger partial charge on any atom is -0.375 e. The maximum Gasteiger partial charge on any atom is 0.0652 e. The van der Waals surface area contributed by atoms with E-state index in [9.17, 15) is 0 Å². The van der Waals surface area contributed by atoms with Gasteiger partial charge >= 0.3 is 0 Å². The molecule has 0 saturated carbocycles. The molecule has 0 aliphatic rings. The van der Waals surface area contributed by atoms with Crippen molar-refractivity contribution in [3.8, 4) is 0 Å². The van der Waals surface area contributed by atoms with E-state index in [4.69, 9.17) is 4.74 Å². The van der Waals surface area contributed by atoms with Crippen LogP contribution in [-0.4, -0.2) is 12.2 Å². The van der Waals surface area contributed by atoms with Crippen molar-refractivity contribution in [2.75, 3.05) is 6.61 Å². The Balaban J connectivity index is 3.99. The topological polar surface area (TPSA) is 9.23 Å². The van der Waals surface area contributed by atoms with Gasteiger partial charge in [0, 0.05) is 6.61 Å². The van der Waals surface area contributed by atoms with Crippen molar-refractivity contribution >= 4 is 0 Å². The summed E-state index contributed by atoms with van der Waals surface area (Å²) in [5.74, 6) is 1.63. The summed E-state index contributed by atoms with van der Waals surface area (Å²) in [6.07, 6.45) is 7.46. The molecule has 0 aromatic carbocycles. The van der Waals surface area contributed by atoms with Crippen LogP contribution >= 0.6 is 0 Å². The molecule has 0 aliphatic heterocycles. The Morgan fingerprint density at radius 2 is 1.59 bits per heavy atom. The van der Waals surface area contributed by atoms with Gasteiger partial charge in [0.05, 0.1) is 5.60 Å². The Kier molecular flexibility index (Phi) is 8.94. The number of hydrogen-bond donors (Lipinski definition) is 0. The van der Waals surface area contributed by atoms with Crippen molar-refractivity contribution in [3.63, 3.8) is 0 Å². The first-order valence-electron chi connectivity index (χ1n) is 7.61. The minimum absolute atomic E-state index is 0.109. The maximum absolute atomic E-state index is 6.13. The summed E-state index contributed by atoms with van der Waals surface area (Å²) < 4.78 is 6.13. The number of rotatable bonds is 10. The lowest BCUT2D eigenvalue weighted by molar-refractivity contribution is -0.0480. The summed E-state index contributed by atoms with van der Waals surface area (Å²) >= 11 is 0. The van der Waals surface area contributed by atoms with Gasteiger partial charge in [-0.3, -0.25) is 0 Å². The van der Waals surface area contributed by atoms with E-state index in [-0.39, 0.29) is 5.60 Å². The molecule has 1 unspecified atom stereocenters. The molecule has 1 atom stereocenters. The molecule has 0 aliphatic carbocycles. The monoisotopic (exact) mass is 242 g/mol. The van der Waals surface area contributed by atoms with E-state index in [2.05, 4.69) is 41.5 Å². The van der Waals surface area contributed by atoms with Gasteiger partial charge in [-0.05, 0) is 44.4 Å². The van der Waals surface area contributed by atoms with E-state index in [1.807, 2.05) is 0 Å². The first-order valence-corrected chi connectivity index (χ1v) is 7.61. The Bertz CT molecular complexity index is 172. The summed E-state index contributed by atoms with van der Waals surface area (Å²) in [6, 6.07) is 0. The van der Waals surface area contributed by atoms with Gasteiger partial charge in [-0.1, -0.05) is 47.5 Å². The average molecular weight is 242 g/mol. The van der Waals surface area contributed by atoms with Gasteiger partial charge in [-0.25, -0.2) is 0 Å². The minimum atomic E-state index is 0.109. The van der Waals surface area contributed by atoms with Gasteiger partial charge in [0.25, 0.3) is 0 Å². The highest BCUT2D eigenvalue weighted by atomic mass is 16.5. The van der Waals surface area contributed by atoms with Gasteiger partial charge in [-0.15, -0.1) is 0 Å². The summed E-state index contributed by atoms with van der Waals surface area (Å²) in [6.45, 7) is 14.6. The molecule has 0 heterocycles. The van der Waals surface area contributed by atoms with Crippen molar-refractivity contribution in [2.45, 2.75) is 85.7 Å². The molecule has 0 N–H and O–H groups in total. The van der Waals surface area contributed by atoms with Crippen LogP contribution in [0.5, 0.6) is 0 Å². The van der Waals surface area contributed by atoms with Crippen LogP contribution < -0.4 is 0 Å². The SMILES string of the molecule is CCC(CC)CCC(C)(CC)OCCC(C)C. The van der Waals surface area contributed by atoms with Crippen LogP contribution in [0.2, 0.25) is 0 Å². The van der Waals surface area contributed by atoms with Gasteiger partial charge in [0.15, 0.2) is 0 Å². The molecule has 0 aromatic rings. The lowest BCUT2D eigenvalue weighted by Gasteiger charge is -2.30. The van der Waals surface area contributed by atoms with Crippen LogP contribution in [0.4, 0.5) is 0 Å². The fourth-order valence-electron chi connectivity index (χ4n) is 2.10. The van der Waals surface area contributed by atoms with Crippen molar-refractivity contribution < 1.29 is 4.74 Å². The third-order valence-electron chi connectivity index (χ3n) is 4.13. The van der Waals surface area contributed by atoms with Crippen molar-refractivity contribution in [2.24, 2.45) is 11.8 Å². The molecule has 0 radical (unpaired) electrons. The van der Waals surface area contributed by atoms with E-state index in [1.165, 1.54) is 32.1 Å². The summed E-state index contributed by atoms with van der Waals surface area (Å²) in [5, 5.41) is 0. The molecule has 1 heteroatoms. The van der Waals surface area contributed by atoms with Crippen molar-refractivity contribution in [1.29, 1.82) is 0 Å². The maximum atomic E-state index is 6.13. The van der Waals surface area contributed by atoms with Crippen LogP contribution in [0.15, 0.2) is 0 Å². The Morgan fingerprint density at radius 3 is 2.00 bits per heavy atom. The first-order chi connectivity index (χ1) is 7.97. The highest BCUT2D eigenvalue weighted by Gasteiger charge is 2.23. The molecule has 1 nitrogen and oxygen atoms in total. The quantitative estimate of drug-likeness (QED) is 0.496. The zero-order chi connectivity index (χ0) is 13.3. The normalized spacial score (nSPS) is 15.5. The summed E-state index contributed by atoms with van der Waals surface area (Å²) in [7, 11) is 0. The van der Waals surface area contributed by atoms with Gasteiger partial charge in [-0.2, -0.15) is 0 Å². The third-order valence-corrected chi connectivity index (χ3v) is 4.13. The zero-order valence-corrected chi connectivity index (χ0v) is 13.0. The van der Waals surface area contributed by atoms with E-state index >= 15 is 0 Å². The molecule has 17 heavy (non-hydrogen) atoms. The smallest absolute Gasteiger partial charge is 0.0652 e. The molecule has 104 valence electrons. The second kappa shape index (κ2) is 8.97. The van der Waals surface area contributed by atoms with Gasteiger partial charge in [0.2, 0.25) is 0 Å². The zero-order valence-electron chi connectivity index (χ0n) is 13.0. The number of hydrogen-bond acceptors (Lipinski definition) is 1. The molecule has 0 rings (SSSR count). The van der Waals surface area contributed by atoms with E-state index in [1.54, 1.807) is 0 Å². The molecule has 0 saturated heterocycles.